The molecule has 1 fully saturated rings. The van der Waals surface area contributed by atoms with Gasteiger partial charge in [0.05, 0.1) is 6.42 Å². The second-order valence-electron chi connectivity index (χ2n) is 6.22. The van der Waals surface area contributed by atoms with E-state index in [9.17, 15) is 9.59 Å². The third kappa shape index (κ3) is 4.71. The van der Waals surface area contributed by atoms with Crippen LogP contribution in [-0.4, -0.2) is 53.0 Å². The molecule has 2 aromatic rings. The van der Waals surface area contributed by atoms with Crippen LogP contribution in [0, 0.1) is 0 Å². The van der Waals surface area contributed by atoms with Crippen molar-refractivity contribution in [3.63, 3.8) is 0 Å². The van der Waals surface area contributed by atoms with E-state index < -0.39 is 0 Å². The van der Waals surface area contributed by atoms with Crippen LogP contribution in [0.4, 0.5) is 0 Å². The van der Waals surface area contributed by atoms with E-state index in [0.29, 0.717) is 31.1 Å². The molecule has 0 aliphatic carbocycles. The molecule has 0 radical (unpaired) electrons. The standard InChI is InChI=1S/C19H22ClN3O2/c20-17-6-2-1-5-16(17)15-19(25)23-13-10-21(11-14-23)9-12-22-8-4-3-7-18(22)24/h1-8H,9-15H2. The predicted octanol–water partition coefficient (Wildman–Crippen LogP) is 1.89. The lowest BCUT2D eigenvalue weighted by Gasteiger charge is -2.35. The number of benzene rings is 1. The molecule has 6 heteroatoms. The summed E-state index contributed by atoms with van der Waals surface area (Å²) in [4.78, 5) is 28.4. The SMILES string of the molecule is O=C(Cc1ccccc1Cl)N1CCN(CCn2ccccc2=O)CC1. The first-order valence-corrected chi connectivity index (χ1v) is 8.90. The number of hydrogen-bond donors (Lipinski definition) is 0. The van der Waals surface area contributed by atoms with Gasteiger partial charge in [0.15, 0.2) is 0 Å². The Kier molecular flexibility index (Phi) is 5.89. The summed E-state index contributed by atoms with van der Waals surface area (Å²) >= 11 is 6.14. The van der Waals surface area contributed by atoms with Gasteiger partial charge < -0.3 is 9.47 Å². The molecular formula is C19H22ClN3O2. The number of amides is 1. The van der Waals surface area contributed by atoms with Crippen molar-refractivity contribution in [3.8, 4) is 0 Å². The van der Waals surface area contributed by atoms with Gasteiger partial charge in [0.1, 0.15) is 0 Å². The van der Waals surface area contributed by atoms with Crippen molar-refractivity contribution in [1.29, 1.82) is 0 Å². The van der Waals surface area contributed by atoms with Crippen LogP contribution in [0.25, 0.3) is 0 Å². The first-order valence-electron chi connectivity index (χ1n) is 8.52. The molecular weight excluding hydrogens is 338 g/mol. The molecule has 132 valence electrons. The molecule has 25 heavy (non-hydrogen) atoms. The quantitative estimate of drug-likeness (QED) is 0.819. The molecule has 0 bridgehead atoms. The van der Waals surface area contributed by atoms with Crippen molar-refractivity contribution in [2.24, 2.45) is 0 Å². The van der Waals surface area contributed by atoms with Crippen molar-refractivity contribution in [2.75, 3.05) is 32.7 Å². The highest BCUT2D eigenvalue weighted by Crippen LogP contribution is 2.16. The fourth-order valence-electron chi connectivity index (χ4n) is 3.03. The van der Waals surface area contributed by atoms with Gasteiger partial charge in [0.2, 0.25) is 5.91 Å². The van der Waals surface area contributed by atoms with Gasteiger partial charge in [-0.05, 0) is 17.7 Å². The first kappa shape index (κ1) is 17.7. The summed E-state index contributed by atoms with van der Waals surface area (Å²) in [6, 6.07) is 12.7. The Morgan fingerprint density at radius 2 is 1.68 bits per heavy atom. The summed E-state index contributed by atoms with van der Waals surface area (Å²) in [7, 11) is 0. The zero-order chi connectivity index (χ0) is 17.6. The molecule has 1 aromatic carbocycles. The maximum atomic E-state index is 12.5. The molecule has 0 saturated carbocycles. The number of halogens is 1. The van der Waals surface area contributed by atoms with E-state index in [1.54, 1.807) is 16.7 Å². The molecule has 1 amide bonds. The maximum Gasteiger partial charge on any atom is 0.250 e. The molecule has 0 N–H and O–H groups in total. The Balaban J connectivity index is 1.47. The third-order valence-electron chi connectivity index (χ3n) is 4.58. The molecule has 0 unspecified atom stereocenters. The monoisotopic (exact) mass is 359 g/mol. The summed E-state index contributed by atoms with van der Waals surface area (Å²) in [5.74, 6) is 0.118. The van der Waals surface area contributed by atoms with Crippen LogP contribution in [0.15, 0.2) is 53.5 Å². The third-order valence-corrected chi connectivity index (χ3v) is 4.95. The number of carbonyl (C=O) groups excluding carboxylic acids is 1. The average Bonchev–Trinajstić information content (AvgIpc) is 2.63. The number of piperazine rings is 1. The molecule has 3 rings (SSSR count). The van der Waals surface area contributed by atoms with Gasteiger partial charge in [0, 0.05) is 56.6 Å². The van der Waals surface area contributed by atoms with Gasteiger partial charge >= 0.3 is 0 Å². The van der Waals surface area contributed by atoms with E-state index in [1.807, 2.05) is 41.4 Å². The number of aromatic nitrogens is 1. The van der Waals surface area contributed by atoms with E-state index in [1.165, 1.54) is 0 Å². The Morgan fingerprint density at radius 1 is 0.960 bits per heavy atom. The van der Waals surface area contributed by atoms with Crippen LogP contribution in [0.5, 0.6) is 0 Å². The van der Waals surface area contributed by atoms with Crippen molar-refractivity contribution >= 4 is 17.5 Å². The molecule has 1 aliphatic heterocycles. The molecule has 2 heterocycles. The van der Waals surface area contributed by atoms with Crippen molar-refractivity contribution < 1.29 is 4.79 Å². The minimum atomic E-state index is 0.0241. The van der Waals surface area contributed by atoms with Gasteiger partial charge in [-0.25, -0.2) is 0 Å². The minimum Gasteiger partial charge on any atom is -0.340 e. The maximum absolute atomic E-state index is 12.5. The lowest BCUT2D eigenvalue weighted by molar-refractivity contribution is -0.132. The minimum absolute atomic E-state index is 0.0241. The summed E-state index contributed by atoms with van der Waals surface area (Å²) in [6.45, 7) is 4.58. The number of nitrogens with zero attached hydrogens (tertiary/aromatic N) is 3. The van der Waals surface area contributed by atoms with Gasteiger partial charge in [0.25, 0.3) is 5.56 Å². The first-order chi connectivity index (χ1) is 12.1. The van der Waals surface area contributed by atoms with Gasteiger partial charge in [-0.3, -0.25) is 14.5 Å². The van der Waals surface area contributed by atoms with Crippen LogP contribution < -0.4 is 5.56 Å². The van der Waals surface area contributed by atoms with Gasteiger partial charge in [-0.2, -0.15) is 0 Å². The smallest absolute Gasteiger partial charge is 0.250 e. The van der Waals surface area contributed by atoms with E-state index in [-0.39, 0.29) is 11.5 Å². The molecule has 0 atom stereocenters. The van der Waals surface area contributed by atoms with E-state index in [0.717, 1.165) is 25.2 Å². The second kappa shape index (κ2) is 8.32. The lowest BCUT2D eigenvalue weighted by Crippen LogP contribution is -2.50. The van der Waals surface area contributed by atoms with E-state index >= 15 is 0 Å². The Labute approximate surface area is 152 Å². The number of hydrogen-bond acceptors (Lipinski definition) is 3. The second-order valence-corrected chi connectivity index (χ2v) is 6.63. The molecule has 1 saturated heterocycles. The van der Waals surface area contributed by atoms with E-state index in [2.05, 4.69) is 4.90 Å². The highest BCUT2D eigenvalue weighted by molar-refractivity contribution is 6.31. The summed E-state index contributed by atoms with van der Waals surface area (Å²) in [6.07, 6.45) is 2.16. The molecule has 1 aromatic heterocycles. The topological polar surface area (TPSA) is 45.6 Å². The van der Waals surface area contributed by atoms with Crippen LogP contribution in [0.2, 0.25) is 5.02 Å². The summed E-state index contributed by atoms with van der Waals surface area (Å²) < 4.78 is 1.72. The zero-order valence-electron chi connectivity index (χ0n) is 14.1. The Morgan fingerprint density at radius 3 is 2.40 bits per heavy atom. The highest BCUT2D eigenvalue weighted by Gasteiger charge is 2.21. The fraction of sp³-hybridized carbons (Fsp3) is 0.368. The normalized spacial score (nSPS) is 15.3. The summed E-state index contributed by atoms with van der Waals surface area (Å²) in [5, 5.41) is 0.641. The van der Waals surface area contributed by atoms with Crippen LogP contribution in [-0.2, 0) is 17.8 Å². The number of carbonyl (C=O) groups is 1. The van der Waals surface area contributed by atoms with Crippen molar-refractivity contribution in [1.82, 2.24) is 14.4 Å². The molecule has 1 aliphatic rings. The predicted molar refractivity (Wildman–Crippen MR) is 98.9 cm³/mol. The van der Waals surface area contributed by atoms with Gasteiger partial charge in [-0.1, -0.05) is 35.9 Å². The van der Waals surface area contributed by atoms with Crippen LogP contribution >= 0.6 is 11.6 Å². The number of pyridine rings is 1. The van der Waals surface area contributed by atoms with Crippen LogP contribution in [0.1, 0.15) is 5.56 Å². The largest absolute Gasteiger partial charge is 0.340 e. The average molecular weight is 360 g/mol. The zero-order valence-corrected chi connectivity index (χ0v) is 14.9. The fourth-order valence-corrected chi connectivity index (χ4v) is 3.23. The Bertz CT molecular complexity index is 782. The summed E-state index contributed by atoms with van der Waals surface area (Å²) in [5.41, 5.74) is 0.899. The van der Waals surface area contributed by atoms with Gasteiger partial charge in [-0.15, -0.1) is 0 Å². The molecule has 0 spiro atoms. The van der Waals surface area contributed by atoms with Crippen molar-refractivity contribution in [2.45, 2.75) is 13.0 Å². The molecule has 5 nitrogen and oxygen atoms in total. The van der Waals surface area contributed by atoms with Crippen molar-refractivity contribution in [3.05, 3.63) is 69.6 Å². The van der Waals surface area contributed by atoms with Crippen LogP contribution in [0.3, 0.4) is 0 Å². The van der Waals surface area contributed by atoms with E-state index in [4.69, 9.17) is 11.6 Å². The highest BCUT2D eigenvalue weighted by atomic mass is 35.5. The lowest BCUT2D eigenvalue weighted by atomic mass is 10.1. The Hall–Kier alpha value is -2.11. The number of rotatable bonds is 5.